The summed E-state index contributed by atoms with van der Waals surface area (Å²) in [5.41, 5.74) is 16.1. The molecule has 0 aliphatic heterocycles. The Hall–Kier alpha value is -11.8. The SMILES string of the molecule is c1ccc(-c2nc(-c3cccc(-c4cccc(-c5nc(-n6c7ccccc7c7ccccc76)nc(-n6c7ccccc7c7ccc8c9ccccc9n(-c9ccccc9)c8c76)n5)c4)c3)cc(-c3cccc4c3oc3c5ccccc5ccc43)n2)cc1. The van der Waals surface area contributed by atoms with Crippen molar-refractivity contribution in [2.45, 2.75) is 0 Å². The third-order valence-corrected chi connectivity index (χ3v) is 17.1. The van der Waals surface area contributed by atoms with Crippen molar-refractivity contribution in [2.75, 3.05) is 0 Å². The minimum atomic E-state index is 0.503. The molecule has 0 aliphatic carbocycles. The molecule has 0 saturated heterocycles. The van der Waals surface area contributed by atoms with Crippen molar-refractivity contribution < 1.29 is 4.42 Å². The maximum Gasteiger partial charge on any atom is 0.240 e. The standard InChI is InChI=1S/C77H46N8O/c1-3-21-48(22-4-1)74-78-64(46-65(79-74)63-35-19-34-61-62-41-40-47-20-7-8-29-54(47)72(62)86-73(61)63)51-25-17-23-49(44-51)50-24-18-26-52(45-50)75-80-76(84-67-37-14-9-30-55(67)56-31-10-15-38-68(56)84)82-77(81-75)85-69-39-16-12-33-58(69)60-43-42-59-57-32-11-13-36-66(57)83(70(59)71(60)85)53-27-5-2-6-28-53/h1-46H. The van der Waals surface area contributed by atoms with Gasteiger partial charge in [0.2, 0.25) is 11.9 Å². The number of hydrogen-bond acceptors (Lipinski definition) is 6. The number of aromatic nitrogens is 8. The van der Waals surface area contributed by atoms with Gasteiger partial charge in [-0.3, -0.25) is 9.13 Å². The zero-order valence-corrected chi connectivity index (χ0v) is 46.0. The quantitative estimate of drug-likeness (QED) is 0.151. The lowest BCUT2D eigenvalue weighted by atomic mass is 9.98. The lowest BCUT2D eigenvalue weighted by molar-refractivity contribution is 0.673. The van der Waals surface area contributed by atoms with Crippen molar-refractivity contribution in [3.8, 4) is 74.0 Å². The number of rotatable bonds is 8. The molecule has 12 aromatic carbocycles. The third-order valence-electron chi connectivity index (χ3n) is 17.1. The Balaban J connectivity index is 0.834. The summed E-state index contributed by atoms with van der Waals surface area (Å²) < 4.78 is 13.7. The minimum absolute atomic E-state index is 0.503. The van der Waals surface area contributed by atoms with Crippen molar-refractivity contribution >= 4 is 98.1 Å². The molecular formula is C77H46N8O. The highest BCUT2D eigenvalue weighted by Crippen LogP contribution is 2.44. The van der Waals surface area contributed by atoms with Gasteiger partial charge in [-0.1, -0.05) is 212 Å². The average Bonchev–Trinajstić information content (AvgIpc) is 2.37. The molecule has 0 bridgehead atoms. The Kier molecular flexibility index (Phi) is 10.5. The highest BCUT2D eigenvalue weighted by Gasteiger charge is 2.25. The van der Waals surface area contributed by atoms with Gasteiger partial charge in [-0.25, -0.2) is 9.97 Å². The number of furan rings is 1. The summed E-state index contributed by atoms with van der Waals surface area (Å²) in [5.74, 6) is 2.17. The number of hydrogen-bond donors (Lipinski definition) is 0. The van der Waals surface area contributed by atoms with Gasteiger partial charge in [0.05, 0.1) is 44.5 Å². The van der Waals surface area contributed by atoms with Crippen LogP contribution in [0.5, 0.6) is 0 Å². The molecule has 0 fully saturated rings. The first-order chi connectivity index (χ1) is 42.6. The predicted octanol–water partition coefficient (Wildman–Crippen LogP) is 19.3. The molecule has 0 atom stereocenters. The molecule has 9 nitrogen and oxygen atoms in total. The van der Waals surface area contributed by atoms with Crippen molar-refractivity contribution in [1.29, 1.82) is 0 Å². The summed E-state index contributed by atoms with van der Waals surface area (Å²) in [6.07, 6.45) is 0. The van der Waals surface area contributed by atoms with E-state index in [1.54, 1.807) is 0 Å². The fourth-order valence-electron chi connectivity index (χ4n) is 13.2. The second-order valence-electron chi connectivity index (χ2n) is 22.0. The Morgan fingerprint density at radius 1 is 0.256 bits per heavy atom. The Morgan fingerprint density at radius 2 is 0.709 bits per heavy atom. The molecule has 0 N–H and O–H groups in total. The first kappa shape index (κ1) is 47.8. The maximum atomic E-state index is 6.87. The van der Waals surface area contributed by atoms with Crippen LogP contribution in [0.15, 0.2) is 283 Å². The van der Waals surface area contributed by atoms with Gasteiger partial charge in [0.25, 0.3) is 0 Å². The molecule has 0 amide bonds. The molecule has 0 unspecified atom stereocenters. The van der Waals surface area contributed by atoms with Gasteiger partial charge in [-0.05, 0) is 83.2 Å². The lowest BCUT2D eigenvalue weighted by Crippen LogP contribution is -2.10. The van der Waals surface area contributed by atoms with Crippen LogP contribution >= 0.6 is 0 Å². The first-order valence-corrected chi connectivity index (χ1v) is 28.9. The molecule has 18 aromatic rings. The highest BCUT2D eigenvalue weighted by atomic mass is 16.3. The Morgan fingerprint density at radius 3 is 1.40 bits per heavy atom. The van der Waals surface area contributed by atoms with E-state index in [2.05, 4.69) is 275 Å². The van der Waals surface area contributed by atoms with Crippen LogP contribution in [-0.4, -0.2) is 38.6 Å². The molecule has 0 saturated carbocycles. The van der Waals surface area contributed by atoms with Crippen molar-refractivity contribution in [2.24, 2.45) is 0 Å². The maximum absolute atomic E-state index is 6.87. The van der Waals surface area contributed by atoms with Gasteiger partial charge in [0.1, 0.15) is 11.2 Å². The highest BCUT2D eigenvalue weighted by molar-refractivity contribution is 6.24. The third kappa shape index (κ3) is 7.34. The fourth-order valence-corrected chi connectivity index (χ4v) is 13.2. The van der Waals surface area contributed by atoms with Gasteiger partial charge in [0.15, 0.2) is 11.6 Å². The molecule has 86 heavy (non-hydrogen) atoms. The largest absolute Gasteiger partial charge is 0.455 e. The zero-order chi connectivity index (χ0) is 56.4. The van der Waals surface area contributed by atoms with E-state index in [0.717, 1.165) is 143 Å². The number of nitrogens with zero attached hydrogens (tertiary/aromatic N) is 8. The van der Waals surface area contributed by atoms with Crippen LogP contribution in [0.2, 0.25) is 0 Å². The smallest absolute Gasteiger partial charge is 0.240 e. The minimum Gasteiger partial charge on any atom is -0.455 e. The van der Waals surface area contributed by atoms with Crippen molar-refractivity contribution in [3.63, 3.8) is 0 Å². The zero-order valence-electron chi connectivity index (χ0n) is 46.0. The van der Waals surface area contributed by atoms with Crippen LogP contribution in [-0.2, 0) is 0 Å². The second kappa shape index (κ2) is 18.9. The molecular weight excluding hydrogens is 1050 g/mol. The monoisotopic (exact) mass is 1100 g/mol. The van der Waals surface area contributed by atoms with E-state index >= 15 is 0 Å². The molecule has 400 valence electrons. The summed E-state index contributed by atoms with van der Waals surface area (Å²) in [4.78, 5) is 27.3. The Bertz CT molecular complexity index is 5740. The summed E-state index contributed by atoms with van der Waals surface area (Å²) in [6, 6.07) is 97.9. The average molecular weight is 1100 g/mol. The van der Waals surface area contributed by atoms with Gasteiger partial charge in [-0.15, -0.1) is 0 Å². The van der Waals surface area contributed by atoms with E-state index in [1.165, 1.54) is 5.39 Å². The molecule has 6 aromatic heterocycles. The van der Waals surface area contributed by atoms with Crippen LogP contribution < -0.4 is 0 Å². The summed E-state index contributed by atoms with van der Waals surface area (Å²) in [5, 5.41) is 11.1. The lowest BCUT2D eigenvalue weighted by Gasteiger charge is -2.14. The van der Waals surface area contributed by atoms with E-state index in [0.29, 0.717) is 23.5 Å². The van der Waals surface area contributed by atoms with Gasteiger partial charge >= 0.3 is 0 Å². The molecule has 18 rings (SSSR count). The van der Waals surface area contributed by atoms with Crippen LogP contribution in [0.25, 0.3) is 172 Å². The molecule has 6 heterocycles. The molecule has 9 heteroatoms. The summed E-state index contributed by atoms with van der Waals surface area (Å²) in [6.45, 7) is 0. The van der Waals surface area contributed by atoms with Crippen LogP contribution in [0.1, 0.15) is 0 Å². The number of para-hydroxylation sites is 6. The van der Waals surface area contributed by atoms with Gasteiger partial charge in [-0.2, -0.15) is 15.0 Å². The predicted molar refractivity (Wildman–Crippen MR) is 350 cm³/mol. The van der Waals surface area contributed by atoms with Crippen molar-refractivity contribution in [1.82, 2.24) is 38.6 Å². The van der Waals surface area contributed by atoms with Gasteiger partial charge < -0.3 is 8.98 Å². The molecule has 0 radical (unpaired) electrons. The van der Waals surface area contributed by atoms with E-state index < -0.39 is 0 Å². The first-order valence-electron chi connectivity index (χ1n) is 28.9. The van der Waals surface area contributed by atoms with Crippen LogP contribution in [0.3, 0.4) is 0 Å². The van der Waals surface area contributed by atoms with E-state index in [9.17, 15) is 0 Å². The summed E-state index contributed by atoms with van der Waals surface area (Å²) >= 11 is 0. The van der Waals surface area contributed by atoms with Crippen LogP contribution in [0.4, 0.5) is 0 Å². The van der Waals surface area contributed by atoms with Crippen LogP contribution in [0, 0.1) is 0 Å². The van der Waals surface area contributed by atoms with E-state index in [1.807, 2.05) is 18.2 Å². The number of benzene rings is 12. The Labute approximate surface area is 491 Å². The van der Waals surface area contributed by atoms with Crippen molar-refractivity contribution in [3.05, 3.63) is 279 Å². The fraction of sp³-hybridized carbons (Fsp3) is 0. The number of fused-ring (bicyclic) bond motifs is 15. The van der Waals surface area contributed by atoms with E-state index in [4.69, 9.17) is 29.3 Å². The summed E-state index contributed by atoms with van der Waals surface area (Å²) in [7, 11) is 0. The molecule has 0 aliphatic rings. The van der Waals surface area contributed by atoms with Gasteiger partial charge in [0, 0.05) is 76.4 Å². The van der Waals surface area contributed by atoms with E-state index in [-0.39, 0.29) is 0 Å². The topological polar surface area (TPSA) is 92.4 Å². The second-order valence-corrected chi connectivity index (χ2v) is 22.0. The molecule has 0 spiro atoms. The normalized spacial score (nSPS) is 12.0.